The van der Waals surface area contributed by atoms with E-state index in [0.717, 1.165) is 24.3 Å². The van der Waals surface area contributed by atoms with Crippen molar-refractivity contribution in [2.24, 2.45) is 0 Å². The number of anilines is 1. The molecule has 0 spiro atoms. The number of carbonyl (C=O) groups is 1. The Hall–Kier alpha value is -3.86. The predicted molar refractivity (Wildman–Crippen MR) is 87.6 cm³/mol. The van der Waals surface area contributed by atoms with Crippen LogP contribution in [0.3, 0.4) is 0 Å². The molecule has 2 aromatic carbocycles. The van der Waals surface area contributed by atoms with Crippen molar-refractivity contribution in [3.05, 3.63) is 77.9 Å². The highest BCUT2D eigenvalue weighted by Gasteiger charge is 2.11. The quantitative estimate of drug-likeness (QED) is 0.774. The van der Waals surface area contributed by atoms with Crippen molar-refractivity contribution in [3.8, 4) is 17.6 Å². The minimum absolute atomic E-state index is 0.00231. The van der Waals surface area contributed by atoms with Crippen molar-refractivity contribution in [2.45, 2.75) is 0 Å². The van der Waals surface area contributed by atoms with Gasteiger partial charge < -0.3 is 10.1 Å². The van der Waals surface area contributed by atoms with E-state index in [1.807, 2.05) is 0 Å². The van der Waals surface area contributed by atoms with Crippen LogP contribution in [0, 0.1) is 23.0 Å². The number of hydrogen-bond acceptors (Lipinski definition) is 5. The summed E-state index contributed by atoms with van der Waals surface area (Å²) in [4.78, 5) is 19.8. The summed E-state index contributed by atoms with van der Waals surface area (Å²) in [6.45, 7) is 0. The molecule has 1 aromatic heterocycles. The van der Waals surface area contributed by atoms with Gasteiger partial charge in [0, 0.05) is 23.4 Å². The molecule has 0 fully saturated rings. The van der Waals surface area contributed by atoms with Crippen LogP contribution in [0.2, 0.25) is 0 Å². The molecule has 0 aliphatic heterocycles. The second-order valence-electron chi connectivity index (χ2n) is 5.15. The summed E-state index contributed by atoms with van der Waals surface area (Å²) in [5.74, 6) is -1.65. The SMILES string of the molecule is N#Cc1cc(F)cc(C(=O)Nc2cc(F)cc(Oc3cncnc3)c2)c1. The van der Waals surface area contributed by atoms with E-state index in [2.05, 4.69) is 15.3 Å². The van der Waals surface area contributed by atoms with Gasteiger partial charge in [-0.1, -0.05) is 0 Å². The number of benzene rings is 2. The van der Waals surface area contributed by atoms with Crippen LogP contribution in [0.1, 0.15) is 15.9 Å². The van der Waals surface area contributed by atoms with Gasteiger partial charge in [0.25, 0.3) is 5.91 Å². The average Bonchev–Trinajstić information content (AvgIpc) is 2.61. The molecule has 0 aliphatic carbocycles. The van der Waals surface area contributed by atoms with Gasteiger partial charge in [0.05, 0.1) is 24.0 Å². The van der Waals surface area contributed by atoms with Crippen molar-refractivity contribution in [1.29, 1.82) is 5.26 Å². The first-order valence-electron chi connectivity index (χ1n) is 7.29. The minimum Gasteiger partial charge on any atom is -0.454 e. The van der Waals surface area contributed by atoms with Crippen molar-refractivity contribution < 1.29 is 18.3 Å². The molecule has 8 heteroatoms. The fraction of sp³-hybridized carbons (Fsp3) is 0. The molecular formula is C18H10F2N4O2. The molecular weight excluding hydrogens is 342 g/mol. The molecule has 0 atom stereocenters. The lowest BCUT2D eigenvalue weighted by atomic mass is 10.1. The molecule has 1 amide bonds. The standard InChI is InChI=1S/C18H10F2N4O2/c19-13-2-11(7-21)1-12(3-13)18(25)24-15-4-14(20)5-16(6-15)26-17-8-22-10-23-9-17/h1-6,8-10H,(H,24,25). The number of ether oxygens (including phenoxy) is 1. The van der Waals surface area contributed by atoms with Crippen molar-refractivity contribution in [2.75, 3.05) is 5.32 Å². The maximum absolute atomic E-state index is 13.8. The summed E-state index contributed by atoms with van der Waals surface area (Å²) < 4.78 is 32.7. The third-order valence-corrected chi connectivity index (χ3v) is 3.19. The molecule has 26 heavy (non-hydrogen) atoms. The lowest BCUT2D eigenvalue weighted by Crippen LogP contribution is -2.12. The number of hydrogen-bond donors (Lipinski definition) is 1. The number of rotatable bonds is 4. The lowest BCUT2D eigenvalue weighted by Gasteiger charge is -2.09. The smallest absolute Gasteiger partial charge is 0.255 e. The highest BCUT2D eigenvalue weighted by molar-refractivity contribution is 6.04. The molecule has 0 bridgehead atoms. The van der Waals surface area contributed by atoms with Gasteiger partial charge in [0.15, 0.2) is 5.75 Å². The van der Waals surface area contributed by atoms with Crippen LogP contribution in [0.25, 0.3) is 0 Å². The summed E-state index contributed by atoms with van der Waals surface area (Å²) in [7, 11) is 0. The first-order valence-corrected chi connectivity index (χ1v) is 7.29. The van der Waals surface area contributed by atoms with Crippen LogP contribution in [-0.4, -0.2) is 15.9 Å². The number of nitrogens with one attached hydrogen (secondary N) is 1. The maximum Gasteiger partial charge on any atom is 0.255 e. The van der Waals surface area contributed by atoms with Gasteiger partial charge in [-0.15, -0.1) is 0 Å². The predicted octanol–water partition coefficient (Wildman–Crippen LogP) is 3.67. The van der Waals surface area contributed by atoms with Gasteiger partial charge in [-0.05, 0) is 24.3 Å². The molecule has 3 rings (SSSR count). The van der Waals surface area contributed by atoms with Crippen molar-refractivity contribution >= 4 is 11.6 Å². The number of aromatic nitrogens is 2. The Kier molecular flexibility index (Phi) is 4.80. The van der Waals surface area contributed by atoms with Crippen LogP contribution >= 0.6 is 0 Å². The van der Waals surface area contributed by atoms with Gasteiger partial charge in [-0.2, -0.15) is 5.26 Å². The van der Waals surface area contributed by atoms with E-state index in [9.17, 15) is 13.6 Å². The van der Waals surface area contributed by atoms with Gasteiger partial charge in [-0.3, -0.25) is 4.79 Å². The first-order chi connectivity index (χ1) is 12.5. The summed E-state index contributed by atoms with van der Waals surface area (Å²) in [6.07, 6.45) is 4.11. The minimum atomic E-state index is -0.721. The molecule has 0 saturated carbocycles. The zero-order chi connectivity index (χ0) is 18.5. The zero-order valence-corrected chi connectivity index (χ0v) is 13.1. The molecule has 1 N–H and O–H groups in total. The Morgan fingerprint density at radius 3 is 2.46 bits per heavy atom. The Morgan fingerprint density at radius 2 is 1.73 bits per heavy atom. The van der Waals surface area contributed by atoms with Crippen molar-refractivity contribution in [1.82, 2.24) is 9.97 Å². The lowest BCUT2D eigenvalue weighted by molar-refractivity contribution is 0.102. The second-order valence-corrected chi connectivity index (χ2v) is 5.15. The third-order valence-electron chi connectivity index (χ3n) is 3.19. The average molecular weight is 352 g/mol. The summed E-state index contributed by atoms with van der Waals surface area (Å²) in [5, 5.41) is 11.3. The van der Waals surface area contributed by atoms with Gasteiger partial charge in [-0.25, -0.2) is 18.7 Å². The first kappa shape index (κ1) is 17.0. The van der Waals surface area contributed by atoms with E-state index >= 15 is 0 Å². The Labute approximate surface area is 146 Å². The Morgan fingerprint density at radius 1 is 1.00 bits per heavy atom. The maximum atomic E-state index is 13.8. The van der Waals surface area contributed by atoms with E-state index in [1.165, 1.54) is 30.9 Å². The van der Waals surface area contributed by atoms with Crippen LogP contribution in [0.5, 0.6) is 11.5 Å². The van der Waals surface area contributed by atoms with E-state index < -0.39 is 17.5 Å². The van der Waals surface area contributed by atoms with Crippen LogP contribution in [-0.2, 0) is 0 Å². The molecule has 0 saturated heterocycles. The summed E-state index contributed by atoms with van der Waals surface area (Å²) in [6, 6.07) is 8.57. The molecule has 0 unspecified atom stereocenters. The number of halogens is 2. The number of amides is 1. The second kappa shape index (κ2) is 7.36. The monoisotopic (exact) mass is 352 g/mol. The third kappa shape index (κ3) is 4.15. The van der Waals surface area contributed by atoms with Gasteiger partial charge >= 0.3 is 0 Å². The van der Waals surface area contributed by atoms with Crippen LogP contribution < -0.4 is 10.1 Å². The fourth-order valence-corrected chi connectivity index (χ4v) is 2.16. The number of nitrogens with zero attached hydrogens (tertiary/aromatic N) is 3. The Balaban J connectivity index is 1.82. The van der Waals surface area contributed by atoms with Crippen LogP contribution in [0.15, 0.2) is 55.1 Å². The Bertz CT molecular complexity index is 1000. The number of nitriles is 1. The normalized spacial score (nSPS) is 10.0. The molecule has 6 nitrogen and oxygen atoms in total. The van der Waals surface area contributed by atoms with E-state index in [1.54, 1.807) is 6.07 Å². The zero-order valence-electron chi connectivity index (χ0n) is 13.1. The highest BCUT2D eigenvalue weighted by Crippen LogP contribution is 2.25. The largest absolute Gasteiger partial charge is 0.454 e. The molecule has 128 valence electrons. The van der Waals surface area contributed by atoms with E-state index in [-0.39, 0.29) is 22.6 Å². The molecule has 3 aromatic rings. The van der Waals surface area contributed by atoms with Gasteiger partial charge in [0.1, 0.15) is 23.7 Å². The molecule has 0 aliphatic rings. The summed E-state index contributed by atoms with van der Waals surface area (Å²) in [5.41, 5.74) is 0.0387. The topological polar surface area (TPSA) is 87.9 Å². The van der Waals surface area contributed by atoms with Crippen LogP contribution in [0.4, 0.5) is 14.5 Å². The highest BCUT2D eigenvalue weighted by atomic mass is 19.1. The van der Waals surface area contributed by atoms with Gasteiger partial charge in [0.2, 0.25) is 0 Å². The van der Waals surface area contributed by atoms with E-state index in [4.69, 9.17) is 10.00 Å². The fourth-order valence-electron chi connectivity index (χ4n) is 2.16. The van der Waals surface area contributed by atoms with E-state index in [0.29, 0.717) is 5.75 Å². The molecule has 0 radical (unpaired) electrons. The summed E-state index contributed by atoms with van der Waals surface area (Å²) >= 11 is 0. The number of carbonyl (C=O) groups excluding carboxylic acids is 1. The van der Waals surface area contributed by atoms with Crippen molar-refractivity contribution in [3.63, 3.8) is 0 Å². The molecule has 1 heterocycles.